The number of nitrogens with two attached hydrogens (primary N) is 1. The summed E-state index contributed by atoms with van der Waals surface area (Å²) >= 11 is 0. The highest BCUT2D eigenvalue weighted by atomic mass is 19.4. The minimum Gasteiger partial charge on any atom is -0.337 e. The molecule has 1 aromatic carbocycles. The van der Waals surface area contributed by atoms with Crippen LogP contribution in [0, 0.1) is 11.7 Å². The van der Waals surface area contributed by atoms with Crippen LogP contribution in [0.5, 0.6) is 0 Å². The molecule has 0 saturated carbocycles. The molecule has 0 bridgehead atoms. The van der Waals surface area contributed by atoms with E-state index in [1.165, 1.54) is 17.0 Å². The van der Waals surface area contributed by atoms with Crippen molar-refractivity contribution in [3.8, 4) is 5.69 Å². The number of carbonyl (C=O) groups excluding carboxylic acids is 1. The molecule has 1 amide bonds. The van der Waals surface area contributed by atoms with Crippen molar-refractivity contribution in [3.05, 3.63) is 41.5 Å². The van der Waals surface area contributed by atoms with Gasteiger partial charge in [0.1, 0.15) is 11.5 Å². The predicted octanol–water partition coefficient (Wildman–Crippen LogP) is 1.85. The molecule has 1 aliphatic rings. The molecular formula is C15H15F4N5O. The zero-order chi connectivity index (χ0) is 18.2. The monoisotopic (exact) mass is 357 g/mol. The van der Waals surface area contributed by atoms with Crippen LogP contribution in [0.1, 0.15) is 22.6 Å². The SMILES string of the molecule is NCC1CCN(C(=O)c2nnn(-c3ccccc3F)c2C(F)(F)F)C1. The van der Waals surface area contributed by atoms with Crippen LogP contribution in [0.15, 0.2) is 24.3 Å². The molecule has 0 radical (unpaired) electrons. The normalized spacial score (nSPS) is 18.0. The molecule has 1 aliphatic heterocycles. The Labute approximate surface area is 140 Å². The van der Waals surface area contributed by atoms with Gasteiger partial charge in [-0.2, -0.15) is 13.2 Å². The molecule has 134 valence electrons. The van der Waals surface area contributed by atoms with Crippen molar-refractivity contribution in [1.29, 1.82) is 0 Å². The average Bonchev–Trinajstić information content (AvgIpc) is 3.21. The quantitative estimate of drug-likeness (QED) is 0.851. The van der Waals surface area contributed by atoms with Gasteiger partial charge in [-0.25, -0.2) is 9.07 Å². The number of aromatic nitrogens is 3. The molecule has 1 aromatic heterocycles. The molecule has 25 heavy (non-hydrogen) atoms. The average molecular weight is 357 g/mol. The van der Waals surface area contributed by atoms with Crippen LogP contribution in [-0.4, -0.2) is 45.4 Å². The van der Waals surface area contributed by atoms with Crippen molar-refractivity contribution in [3.63, 3.8) is 0 Å². The highest BCUT2D eigenvalue weighted by Crippen LogP contribution is 2.34. The van der Waals surface area contributed by atoms with E-state index >= 15 is 0 Å². The van der Waals surface area contributed by atoms with Crippen molar-refractivity contribution in [2.24, 2.45) is 11.7 Å². The molecule has 1 atom stereocenters. The first-order chi connectivity index (χ1) is 11.8. The topological polar surface area (TPSA) is 77.0 Å². The summed E-state index contributed by atoms with van der Waals surface area (Å²) in [6.07, 6.45) is -4.31. The maximum absolute atomic E-state index is 13.9. The van der Waals surface area contributed by atoms with E-state index in [-0.39, 0.29) is 12.5 Å². The number of hydrogen-bond acceptors (Lipinski definition) is 4. The Balaban J connectivity index is 2.04. The third kappa shape index (κ3) is 3.21. The van der Waals surface area contributed by atoms with Gasteiger partial charge in [0, 0.05) is 13.1 Å². The zero-order valence-corrected chi connectivity index (χ0v) is 13.0. The lowest BCUT2D eigenvalue weighted by molar-refractivity contribution is -0.143. The van der Waals surface area contributed by atoms with E-state index in [1.807, 2.05) is 0 Å². The summed E-state index contributed by atoms with van der Waals surface area (Å²) in [5.41, 5.74) is 2.88. The largest absolute Gasteiger partial charge is 0.435 e. The summed E-state index contributed by atoms with van der Waals surface area (Å²) in [6.45, 7) is 0.904. The van der Waals surface area contributed by atoms with Gasteiger partial charge in [-0.15, -0.1) is 5.10 Å². The minimum absolute atomic E-state index is 0.0416. The van der Waals surface area contributed by atoms with Crippen LogP contribution in [0.2, 0.25) is 0 Å². The number of amides is 1. The van der Waals surface area contributed by atoms with Crippen LogP contribution >= 0.6 is 0 Å². The number of hydrogen-bond donors (Lipinski definition) is 1. The zero-order valence-electron chi connectivity index (χ0n) is 13.0. The second kappa shape index (κ2) is 6.43. The Hall–Kier alpha value is -2.49. The van der Waals surface area contributed by atoms with Crippen molar-refractivity contribution in [2.75, 3.05) is 19.6 Å². The van der Waals surface area contributed by atoms with Crippen LogP contribution in [-0.2, 0) is 6.18 Å². The van der Waals surface area contributed by atoms with Gasteiger partial charge in [0.05, 0.1) is 0 Å². The summed E-state index contributed by atoms with van der Waals surface area (Å²) in [6, 6.07) is 4.85. The summed E-state index contributed by atoms with van der Waals surface area (Å²) in [4.78, 5) is 13.7. The third-order valence-electron chi connectivity index (χ3n) is 4.13. The molecular weight excluding hydrogens is 342 g/mol. The molecule has 6 nitrogen and oxygen atoms in total. The van der Waals surface area contributed by atoms with Crippen LogP contribution < -0.4 is 5.73 Å². The number of likely N-dealkylation sites (tertiary alicyclic amines) is 1. The van der Waals surface area contributed by atoms with Gasteiger partial charge in [0.25, 0.3) is 5.91 Å². The number of carbonyl (C=O) groups is 1. The van der Waals surface area contributed by atoms with Gasteiger partial charge >= 0.3 is 6.18 Å². The first-order valence-corrected chi connectivity index (χ1v) is 7.60. The summed E-state index contributed by atoms with van der Waals surface area (Å²) in [7, 11) is 0. The van der Waals surface area contributed by atoms with Crippen molar-refractivity contribution in [1.82, 2.24) is 19.9 Å². The maximum atomic E-state index is 13.9. The number of rotatable bonds is 3. The minimum atomic E-state index is -4.93. The standard InChI is InChI=1S/C15H15F4N5O/c16-10-3-1-2-4-11(10)24-13(15(17,18)19)12(21-22-24)14(25)23-6-5-9(7-20)8-23/h1-4,9H,5-8,20H2. The number of nitrogens with zero attached hydrogens (tertiary/aromatic N) is 4. The molecule has 0 aliphatic carbocycles. The van der Waals surface area contributed by atoms with Gasteiger partial charge in [0.15, 0.2) is 11.4 Å². The smallest absolute Gasteiger partial charge is 0.337 e. The highest BCUT2D eigenvalue weighted by molar-refractivity contribution is 5.93. The van der Waals surface area contributed by atoms with E-state index < -0.39 is 35.0 Å². The first-order valence-electron chi connectivity index (χ1n) is 7.60. The second-order valence-corrected chi connectivity index (χ2v) is 5.79. The molecule has 2 aromatic rings. The summed E-state index contributed by atoms with van der Waals surface area (Å²) in [5.74, 6) is -1.74. The molecule has 0 spiro atoms. The number of benzene rings is 1. The van der Waals surface area contributed by atoms with Crippen LogP contribution in [0.25, 0.3) is 5.69 Å². The van der Waals surface area contributed by atoms with Crippen LogP contribution in [0.3, 0.4) is 0 Å². The Bertz CT molecular complexity index is 788. The van der Waals surface area contributed by atoms with Crippen molar-refractivity contribution < 1.29 is 22.4 Å². The van der Waals surface area contributed by atoms with E-state index in [0.717, 1.165) is 12.1 Å². The Morgan fingerprint density at radius 3 is 2.64 bits per heavy atom. The number of alkyl halides is 3. The van der Waals surface area contributed by atoms with Crippen molar-refractivity contribution in [2.45, 2.75) is 12.6 Å². The van der Waals surface area contributed by atoms with Gasteiger partial charge in [-0.05, 0) is 31.0 Å². The lowest BCUT2D eigenvalue weighted by Crippen LogP contribution is -2.32. The molecule has 1 saturated heterocycles. The fourth-order valence-corrected chi connectivity index (χ4v) is 2.83. The van der Waals surface area contributed by atoms with E-state index in [4.69, 9.17) is 5.73 Å². The highest BCUT2D eigenvalue weighted by Gasteiger charge is 2.43. The van der Waals surface area contributed by atoms with Gasteiger partial charge in [-0.1, -0.05) is 17.3 Å². The van der Waals surface area contributed by atoms with E-state index in [9.17, 15) is 22.4 Å². The predicted molar refractivity (Wildman–Crippen MR) is 79.4 cm³/mol. The second-order valence-electron chi connectivity index (χ2n) is 5.79. The van der Waals surface area contributed by atoms with Gasteiger partial charge < -0.3 is 10.6 Å². The van der Waals surface area contributed by atoms with E-state index in [0.29, 0.717) is 24.2 Å². The van der Waals surface area contributed by atoms with Gasteiger partial charge in [0.2, 0.25) is 0 Å². The molecule has 2 heterocycles. The summed E-state index contributed by atoms with van der Waals surface area (Å²) in [5, 5.41) is 6.78. The van der Waals surface area contributed by atoms with Crippen molar-refractivity contribution >= 4 is 5.91 Å². The van der Waals surface area contributed by atoms with Gasteiger partial charge in [-0.3, -0.25) is 4.79 Å². The fourth-order valence-electron chi connectivity index (χ4n) is 2.83. The lowest BCUT2D eigenvalue weighted by atomic mass is 10.1. The molecule has 10 heteroatoms. The lowest BCUT2D eigenvalue weighted by Gasteiger charge is -2.17. The van der Waals surface area contributed by atoms with E-state index in [2.05, 4.69) is 10.3 Å². The molecule has 1 fully saturated rings. The molecule has 2 N–H and O–H groups in total. The molecule has 1 unspecified atom stereocenters. The first kappa shape index (κ1) is 17.3. The van der Waals surface area contributed by atoms with E-state index in [1.54, 1.807) is 0 Å². The number of halogens is 4. The fraction of sp³-hybridized carbons (Fsp3) is 0.400. The number of para-hydroxylation sites is 1. The third-order valence-corrected chi connectivity index (χ3v) is 4.13. The maximum Gasteiger partial charge on any atom is 0.435 e. The Morgan fingerprint density at radius 1 is 1.32 bits per heavy atom. The van der Waals surface area contributed by atoms with Crippen LogP contribution in [0.4, 0.5) is 17.6 Å². The summed E-state index contributed by atoms with van der Waals surface area (Å²) < 4.78 is 54.8. The Morgan fingerprint density at radius 2 is 2.04 bits per heavy atom. The Kier molecular flexibility index (Phi) is 4.46. The molecule has 3 rings (SSSR count).